The predicted molar refractivity (Wildman–Crippen MR) is 119 cm³/mol. The van der Waals surface area contributed by atoms with Crippen molar-refractivity contribution in [3.8, 4) is 5.75 Å². The summed E-state index contributed by atoms with van der Waals surface area (Å²) in [4.78, 5) is 31.1. The molecule has 2 saturated heterocycles. The van der Waals surface area contributed by atoms with E-state index in [2.05, 4.69) is 4.90 Å². The molecule has 0 aromatic heterocycles. The summed E-state index contributed by atoms with van der Waals surface area (Å²) in [6, 6.07) is 14.7. The molecule has 2 amide bonds. The highest BCUT2D eigenvalue weighted by molar-refractivity contribution is 6.30. The Labute approximate surface area is 187 Å². The van der Waals surface area contributed by atoms with Crippen LogP contribution in [0.4, 0.5) is 5.69 Å². The van der Waals surface area contributed by atoms with E-state index in [-0.39, 0.29) is 18.4 Å². The maximum atomic E-state index is 12.9. The molecule has 31 heavy (non-hydrogen) atoms. The van der Waals surface area contributed by atoms with Crippen LogP contribution in [0.5, 0.6) is 5.75 Å². The van der Waals surface area contributed by atoms with E-state index in [4.69, 9.17) is 21.1 Å². The van der Waals surface area contributed by atoms with E-state index < -0.39 is 0 Å². The topological polar surface area (TPSA) is 62.3 Å². The molecule has 0 bridgehead atoms. The zero-order chi connectivity index (χ0) is 21.6. The molecular weight excluding hydrogens is 418 g/mol. The third-order valence-corrected chi connectivity index (χ3v) is 5.84. The lowest BCUT2D eigenvalue weighted by atomic mass is 10.1. The van der Waals surface area contributed by atoms with Crippen molar-refractivity contribution in [3.63, 3.8) is 0 Å². The Morgan fingerprint density at radius 3 is 2.10 bits per heavy atom. The van der Waals surface area contributed by atoms with Gasteiger partial charge in [-0.05, 0) is 48.5 Å². The number of hydrogen-bond acceptors (Lipinski definition) is 5. The Hall–Kier alpha value is -2.77. The van der Waals surface area contributed by atoms with Crippen molar-refractivity contribution in [1.82, 2.24) is 9.80 Å². The second-order valence-corrected chi connectivity index (χ2v) is 8.00. The van der Waals surface area contributed by atoms with E-state index >= 15 is 0 Å². The standard InChI is InChI=1S/C23H26ClN3O4/c24-19-3-7-21(8-4-19)31-17-22(28)26-9-11-27(12-10-26)23(29)18-1-5-20(6-2-18)25-13-15-30-16-14-25/h1-8H,9-17H2. The van der Waals surface area contributed by atoms with Gasteiger partial charge in [0.1, 0.15) is 5.75 Å². The number of amides is 2. The molecule has 0 atom stereocenters. The molecule has 8 heteroatoms. The van der Waals surface area contributed by atoms with Gasteiger partial charge >= 0.3 is 0 Å². The summed E-state index contributed by atoms with van der Waals surface area (Å²) < 4.78 is 10.9. The summed E-state index contributed by atoms with van der Waals surface area (Å²) in [6.07, 6.45) is 0. The van der Waals surface area contributed by atoms with Crippen LogP contribution in [0.2, 0.25) is 5.02 Å². The second-order valence-electron chi connectivity index (χ2n) is 7.56. The van der Waals surface area contributed by atoms with Gasteiger partial charge in [-0.3, -0.25) is 9.59 Å². The van der Waals surface area contributed by atoms with Crippen molar-refractivity contribution in [2.45, 2.75) is 0 Å². The van der Waals surface area contributed by atoms with E-state index in [0.717, 1.165) is 32.0 Å². The fraction of sp³-hybridized carbons (Fsp3) is 0.391. The molecule has 0 aliphatic carbocycles. The second kappa shape index (κ2) is 10.0. The number of hydrogen-bond donors (Lipinski definition) is 0. The molecule has 0 spiro atoms. The third kappa shape index (κ3) is 5.48. The van der Waals surface area contributed by atoms with Gasteiger partial charge in [0, 0.05) is 55.5 Å². The SMILES string of the molecule is O=C(COc1ccc(Cl)cc1)N1CCN(C(=O)c2ccc(N3CCOCC3)cc2)CC1. The van der Waals surface area contributed by atoms with Crippen molar-refractivity contribution < 1.29 is 19.1 Å². The summed E-state index contributed by atoms with van der Waals surface area (Å²) in [7, 11) is 0. The van der Waals surface area contributed by atoms with Crippen LogP contribution in [0.3, 0.4) is 0 Å². The highest BCUT2D eigenvalue weighted by Crippen LogP contribution is 2.19. The lowest BCUT2D eigenvalue weighted by Gasteiger charge is -2.35. The minimum atomic E-state index is -0.0862. The van der Waals surface area contributed by atoms with Crippen LogP contribution in [0.15, 0.2) is 48.5 Å². The van der Waals surface area contributed by atoms with Crippen LogP contribution in [-0.4, -0.2) is 80.7 Å². The monoisotopic (exact) mass is 443 g/mol. The number of piperazine rings is 1. The maximum absolute atomic E-state index is 12.9. The average molecular weight is 444 g/mol. The first kappa shape index (κ1) is 21.5. The fourth-order valence-corrected chi connectivity index (χ4v) is 3.87. The van der Waals surface area contributed by atoms with Gasteiger partial charge in [-0.1, -0.05) is 11.6 Å². The first-order valence-electron chi connectivity index (χ1n) is 10.5. The van der Waals surface area contributed by atoms with Crippen LogP contribution >= 0.6 is 11.6 Å². The molecule has 0 radical (unpaired) electrons. The number of halogens is 1. The van der Waals surface area contributed by atoms with Gasteiger partial charge in [-0.2, -0.15) is 0 Å². The van der Waals surface area contributed by atoms with Gasteiger partial charge in [0.15, 0.2) is 6.61 Å². The summed E-state index contributed by atoms with van der Waals surface area (Å²) in [5.41, 5.74) is 1.78. The Morgan fingerprint density at radius 1 is 0.839 bits per heavy atom. The van der Waals surface area contributed by atoms with E-state index in [9.17, 15) is 9.59 Å². The summed E-state index contributed by atoms with van der Waals surface area (Å²) in [6.45, 7) is 5.19. The van der Waals surface area contributed by atoms with Crippen LogP contribution in [0.25, 0.3) is 0 Å². The molecule has 0 N–H and O–H groups in total. The van der Waals surface area contributed by atoms with Crippen LogP contribution < -0.4 is 9.64 Å². The normalized spacial score (nSPS) is 16.9. The van der Waals surface area contributed by atoms with Crippen LogP contribution in [-0.2, 0) is 9.53 Å². The molecule has 4 rings (SSSR count). The Bertz CT molecular complexity index is 890. The first-order valence-corrected chi connectivity index (χ1v) is 10.9. The van der Waals surface area contributed by atoms with E-state index in [1.807, 2.05) is 24.3 Å². The molecule has 2 aromatic carbocycles. The van der Waals surface area contributed by atoms with Gasteiger partial charge < -0.3 is 24.2 Å². The van der Waals surface area contributed by atoms with E-state index in [1.54, 1.807) is 34.1 Å². The lowest BCUT2D eigenvalue weighted by Crippen LogP contribution is -2.51. The maximum Gasteiger partial charge on any atom is 0.260 e. The van der Waals surface area contributed by atoms with Crippen molar-refractivity contribution in [3.05, 3.63) is 59.1 Å². The number of carbonyl (C=O) groups excluding carboxylic acids is 2. The number of ether oxygens (including phenoxy) is 2. The quantitative estimate of drug-likeness (QED) is 0.710. The average Bonchev–Trinajstić information content (AvgIpc) is 2.84. The highest BCUT2D eigenvalue weighted by Gasteiger charge is 2.25. The Kier molecular flexibility index (Phi) is 6.94. The van der Waals surface area contributed by atoms with Gasteiger partial charge in [-0.15, -0.1) is 0 Å². The minimum absolute atomic E-state index is 0.00181. The van der Waals surface area contributed by atoms with Crippen molar-refractivity contribution in [1.29, 1.82) is 0 Å². The van der Waals surface area contributed by atoms with Gasteiger partial charge in [-0.25, -0.2) is 0 Å². The number of carbonyl (C=O) groups is 2. The lowest BCUT2D eigenvalue weighted by molar-refractivity contribution is -0.134. The summed E-state index contributed by atoms with van der Waals surface area (Å²) in [5.74, 6) is 0.516. The molecule has 2 aliphatic rings. The van der Waals surface area contributed by atoms with Crippen molar-refractivity contribution >= 4 is 29.1 Å². The molecule has 164 valence electrons. The molecule has 0 saturated carbocycles. The largest absolute Gasteiger partial charge is 0.484 e. The minimum Gasteiger partial charge on any atom is -0.484 e. The molecule has 7 nitrogen and oxygen atoms in total. The number of rotatable bonds is 5. The summed E-state index contributed by atoms with van der Waals surface area (Å²) in [5, 5.41) is 0.621. The molecule has 0 unspecified atom stereocenters. The predicted octanol–water partition coefficient (Wildman–Crippen LogP) is 2.54. The fourth-order valence-electron chi connectivity index (χ4n) is 3.75. The third-order valence-electron chi connectivity index (χ3n) is 5.59. The van der Waals surface area contributed by atoms with Gasteiger partial charge in [0.2, 0.25) is 0 Å². The first-order chi connectivity index (χ1) is 15.1. The van der Waals surface area contributed by atoms with Gasteiger partial charge in [0.05, 0.1) is 13.2 Å². The number of anilines is 1. The van der Waals surface area contributed by atoms with Crippen molar-refractivity contribution in [2.24, 2.45) is 0 Å². The highest BCUT2D eigenvalue weighted by atomic mass is 35.5. The van der Waals surface area contributed by atoms with Crippen LogP contribution in [0.1, 0.15) is 10.4 Å². The molecule has 2 fully saturated rings. The Morgan fingerprint density at radius 2 is 1.45 bits per heavy atom. The van der Waals surface area contributed by atoms with E-state index in [1.165, 1.54) is 0 Å². The number of benzene rings is 2. The summed E-state index contributed by atoms with van der Waals surface area (Å²) >= 11 is 5.85. The van der Waals surface area contributed by atoms with Crippen molar-refractivity contribution in [2.75, 3.05) is 64.0 Å². The smallest absolute Gasteiger partial charge is 0.260 e. The molecule has 2 heterocycles. The molecular formula is C23H26ClN3O4. The zero-order valence-corrected chi connectivity index (χ0v) is 18.1. The Balaban J connectivity index is 1.25. The van der Waals surface area contributed by atoms with Gasteiger partial charge in [0.25, 0.3) is 11.8 Å². The number of nitrogens with zero attached hydrogens (tertiary/aromatic N) is 3. The molecule has 2 aliphatic heterocycles. The zero-order valence-electron chi connectivity index (χ0n) is 17.3. The van der Waals surface area contributed by atoms with E-state index in [0.29, 0.717) is 42.5 Å². The molecule has 2 aromatic rings. The van der Waals surface area contributed by atoms with Crippen LogP contribution in [0, 0.1) is 0 Å². The number of morpholine rings is 1.